The van der Waals surface area contributed by atoms with E-state index in [0.717, 1.165) is 0 Å². The van der Waals surface area contributed by atoms with Crippen molar-refractivity contribution in [1.29, 1.82) is 0 Å². The predicted octanol–water partition coefficient (Wildman–Crippen LogP) is 0.345. The van der Waals surface area contributed by atoms with Crippen LogP contribution in [0.2, 0.25) is 0 Å². The minimum absolute atomic E-state index is 0.459. The lowest BCUT2D eigenvalue weighted by Gasteiger charge is -2.03. The van der Waals surface area contributed by atoms with Gasteiger partial charge < -0.3 is 14.7 Å². The maximum Gasteiger partial charge on any atom is 0.222 e. The van der Waals surface area contributed by atoms with Gasteiger partial charge in [-0.1, -0.05) is 0 Å². The summed E-state index contributed by atoms with van der Waals surface area (Å²) in [6.45, 7) is 0.980. The summed E-state index contributed by atoms with van der Waals surface area (Å²) in [5.41, 5.74) is 0. The highest BCUT2D eigenvalue weighted by atomic mass is 16.5. The Balaban J connectivity index is 2.41. The molecule has 4 nitrogen and oxygen atoms in total. The first-order valence-corrected chi connectivity index (χ1v) is 3.63. The van der Waals surface area contributed by atoms with Crippen LogP contribution in [-0.4, -0.2) is 20.3 Å². The Kier molecular flexibility index (Phi) is 3.35. The molecule has 0 spiro atoms. The van der Waals surface area contributed by atoms with Gasteiger partial charge >= 0.3 is 0 Å². The third-order valence-electron chi connectivity index (χ3n) is 1.30. The van der Waals surface area contributed by atoms with Gasteiger partial charge in [-0.25, -0.2) is 0 Å². The highest BCUT2D eigenvalue weighted by Gasteiger charge is 1.96. The van der Waals surface area contributed by atoms with Crippen molar-refractivity contribution in [2.45, 2.75) is 0 Å². The van der Waals surface area contributed by atoms with Gasteiger partial charge in [0.2, 0.25) is 6.20 Å². The molecule has 1 heterocycles. The molecule has 0 amide bonds. The second-order valence-corrected chi connectivity index (χ2v) is 2.24. The fourth-order valence-corrected chi connectivity index (χ4v) is 0.762. The molecule has 0 bridgehead atoms. The first kappa shape index (κ1) is 8.80. The lowest BCUT2D eigenvalue weighted by molar-refractivity contribution is -0.605. The predicted molar refractivity (Wildman–Crippen MR) is 42.8 cm³/mol. The topological polar surface area (TPSA) is 45.4 Å². The smallest absolute Gasteiger partial charge is 0.222 e. The minimum Gasteiger partial charge on any atom is -0.619 e. The standard InChI is InChI=1S/C8H11NO3/c1-11-5-6-12-8-3-2-4-9(10)7-8/h2-4,7H,5-6H2,1H3. The molecule has 0 atom stereocenters. The van der Waals surface area contributed by atoms with E-state index in [2.05, 4.69) is 0 Å². The average Bonchev–Trinajstić information content (AvgIpc) is 2.05. The van der Waals surface area contributed by atoms with Crippen LogP contribution in [0.4, 0.5) is 0 Å². The van der Waals surface area contributed by atoms with Crippen molar-refractivity contribution in [3.8, 4) is 5.75 Å². The summed E-state index contributed by atoms with van der Waals surface area (Å²) in [6, 6.07) is 3.36. The molecular weight excluding hydrogens is 158 g/mol. The van der Waals surface area contributed by atoms with E-state index in [1.54, 1.807) is 19.2 Å². The Hall–Kier alpha value is -1.29. The number of rotatable bonds is 4. The summed E-state index contributed by atoms with van der Waals surface area (Å²) in [4.78, 5) is 0. The zero-order valence-electron chi connectivity index (χ0n) is 6.90. The molecule has 0 saturated heterocycles. The lowest BCUT2D eigenvalue weighted by Crippen LogP contribution is -2.24. The molecule has 1 aromatic heterocycles. The second kappa shape index (κ2) is 4.56. The van der Waals surface area contributed by atoms with Crippen LogP contribution in [-0.2, 0) is 4.74 Å². The van der Waals surface area contributed by atoms with Gasteiger partial charge in [0.15, 0.2) is 11.9 Å². The van der Waals surface area contributed by atoms with Gasteiger partial charge in [-0.15, -0.1) is 0 Å². The van der Waals surface area contributed by atoms with Crippen molar-refractivity contribution in [2.24, 2.45) is 0 Å². The van der Waals surface area contributed by atoms with Crippen molar-refractivity contribution in [2.75, 3.05) is 20.3 Å². The molecule has 0 saturated carbocycles. The van der Waals surface area contributed by atoms with Crippen LogP contribution >= 0.6 is 0 Å². The molecule has 0 radical (unpaired) electrons. The maximum absolute atomic E-state index is 10.7. The highest BCUT2D eigenvalue weighted by Crippen LogP contribution is 2.04. The molecule has 0 unspecified atom stereocenters. The maximum atomic E-state index is 10.7. The van der Waals surface area contributed by atoms with Gasteiger partial charge in [0, 0.05) is 13.2 Å². The van der Waals surface area contributed by atoms with E-state index in [4.69, 9.17) is 9.47 Å². The van der Waals surface area contributed by atoms with E-state index in [9.17, 15) is 5.21 Å². The Morgan fingerprint density at radius 3 is 3.00 bits per heavy atom. The van der Waals surface area contributed by atoms with E-state index in [1.807, 2.05) is 0 Å². The monoisotopic (exact) mass is 169 g/mol. The highest BCUT2D eigenvalue weighted by molar-refractivity contribution is 5.12. The average molecular weight is 169 g/mol. The van der Waals surface area contributed by atoms with Gasteiger partial charge in [0.25, 0.3) is 0 Å². The second-order valence-electron chi connectivity index (χ2n) is 2.24. The first-order chi connectivity index (χ1) is 5.83. The van der Waals surface area contributed by atoms with Crippen LogP contribution in [0.1, 0.15) is 0 Å². The van der Waals surface area contributed by atoms with Crippen LogP contribution in [0.5, 0.6) is 5.75 Å². The summed E-state index contributed by atoms with van der Waals surface area (Å²) in [5, 5.41) is 10.7. The van der Waals surface area contributed by atoms with E-state index < -0.39 is 0 Å². The quantitative estimate of drug-likeness (QED) is 0.371. The molecule has 0 N–H and O–H groups in total. The molecule has 1 rings (SSSR count). The van der Waals surface area contributed by atoms with Gasteiger partial charge in [0.1, 0.15) is 6.61 Å². The first-order valence-electron chi connectivity index (χ1n) is 3.63. The van der Waals surface area contributed by atoms with Gasteiger partial charge in [0.05, 0.1) is 6.61 Å². The van der Waals surface area contributed by atoms with E-state index in [1.165, 1.54) is 12.4 Å². The van der Waals surface area contributed by atoms with Crippen LogP contribution in [0.25, 0.3) is 0 Å². The summed E-state index contributed by atoms with van der Waals surface area (Å²) in [5.74, 6) is 0.560. The molecular formula is C8H11NO3. The minimum atomic E-state index is 0.459. The van der Waals surface area contributed by atoms with Crippen molar-refractivity contribution in [3.05, 3.63) is 29.7 Å². The number of hydrogen-bond acceptors (Lipinski definition) is 3. The van der Waals surface area contributed by atoms with Gasteiger partial charge in [-0.05, 0) is 6.07 Å². The zero-order valence-corrected chi connectivity index (χ0v) is 6.90. The van der Waals surface area contributed by atoms with Crippen molar-refractivity contribution < 1.29 is 14.2 Å². The molecule has 0 aromatic carbocycles. The van der Waals surface area contributed by atoms with Crippen LogP contribution in [0.3, 0.4) is 0 Å². The lowest BCUT2D eigenvalue weighted by atomic mass is 10.5. The molecule has 12 heavy (non-hydrogen) atoms. The van der Waals surface area contributed by atoms with Gasteiger partial charge in [-0.3, -0.25) is 0 Å². The zero-order chi connectivity index (χ0) is 8.81. The molecule has 0 aliphatic heterocycles. The Morgan fingerprint density at radius 1 is 1.50 bits per heavy atom. The third-order valence-corrected chi connectivity index (χ3v) is 1.30. The Morgan fingerprint density at radius 2 is 2.33 bits per heavy atom. The number of pyridine rings is 1. The molecule has 1 aromatic rings. The normalized spacial score (nSPS) is 9.75. The fraction of sp³-hybridized carbons (Fsp3) is 0.375. The van der Waals surface area contributed by atoms with Crippen molar-refractivity contribution in [3.63, 3.8) is 0 Å². The number of nitrogens with zero attached hydrogens (tertiary/aromatic N) is 1. The third kappa shape index (κ3) is 2.75. The largest absolute Gasteiger partial charge is 0.619 e. The van der Waals surface area contributed by atoms with Crippen LogP contribution in [0.15, 0.2) is 24.5 Å². The SMILES string of the molecule is COCCOc1ccc[n+]([O-])c1. The summed E-state index contributed by atoms with van der Waals surface area (Å²) >= 11 is 0. The Bertz CT molecular complexity index is 239. The summed E-state index contributed by atoms with van der Waals surface area (Å²) in [6.07, 6.45) is 2.78. The molecule has 4 heteroatoms. The molecule has 0 fully saturated rings. The summed E-state index contributed by atoms with van der Waals surface area (Å²) in [7, 11) is 1.60. The van der Waals surface area contributed by atoms with Crippen molar-refractivity contribution >= 4 is 0 Å². The molecule has 0 aliphatic carbocycles. The number of hydrogen-bond donors (Lipinski definition) is 0. The fourth-order valence-electron chi connectivity index (χ4n) is 0.762. The van der Waals surface area contributed by atoms with E-state index in [-0.39, 0.29) is 0 Å². The number of methoxy groups -OCH3 is 1. The van der Waals surface area contributed by atoms with Crippen molar-refractivity contribution in [1.82, 2.24) is 0 Å². The van der Waals surface area contributed by atoms with E-state index in [0.29, 0.717) is 23.7 Å². The van der Waals surface area contributed by atoms with Crippen LogP contribution in [0, 0.1) is 5.21 Å². The molecule has 66 valence electrons. The Labute approximate surface area is 70.9 Å². The number of ether oxygens (including phenoxy) is 2. The summed E-state index contributed by atoms with van der Waals surface area (Å²) < 4.78 is 10.7. The number of aromatic nitrogens is 1. The van der Waals surface area contributed by atoms with E-state index >= 15 is 0 Å². The molecule has 0 aliphatic rings. The van der Waals surface area contributed by atoms with Crippen LogP contribution < -0.4 is 9.47 Å². The van der Waals surface area contributed by atoms with Gasteiger partial charge in [-0.2, -0.15) is 4.73 Å².